The van der Waals surface area contributed by atoms with E-state index in [0.29, 0.717) is 28.5 Å². The number of amides is 1. The minimum atomic E-state index is -1.03. The fraction of sp³-hybridized carbons (Fsp3) is 0.294. The van der Waals surface area contributed by atoms with Gasteiger partial charge in [0.2, 0.25) is 17.6 Å². The van der Waals surface area contributed by atoms with Crippen molar-refractivity contribution in [1.29, 1.82) is 0 Å². The molecule has 10 nitrogen and oxygen atoms in total. The Morgan fingerprint density at radius 2 is 2.18 bits per heavy atom. The molecule has 0 spiro atoms. The Morgan fingerprint density at radius 3 is 2.93 bits per heavy atom. The summed E-state index contributed by atoms with van der Waals surface area (Å²) in [6, 6.07) is 4.51. The van der Waals surface area contributed by atoms with Gasteiger partial charge in [-0.1, -0.05) is 10.4 Å². The summed E-state index contributed by atoms with van der Waals surface area (Å²) in [5.41, 5.74) is 1.55. The molecule has 1 amide bonds. The number of aromatic nitrogens is 5. The number of benzene rings is 1. The van der Waals surface area contributed by atoms with E-state index in [1.807, 2.05) is 0 Å². The van der Waals surface area contributed by atoms with E-state index in [1.54, 1.807) is 19.1 Å². The van der Waals surface area contributed by atoms with Crippen LogP contribution >= 0.6 is 0 Å². The van der Waals surface area contributed by atoms with Crippen LogP contribution < -0.4 is 5.32 Å². The van der Waals surface area contributed by atoms with Crippen molar-refractivity contribution in [3.63, 3.8) is 0 Å². The molecule has 0 unspecified atom stereocenters. The Morgan fingerprint density at radius 1 is 1.36 bits per heavy atom. The van der Waals surface area contributed by atoms with Crippen LogP contribution in [0.1, 0.15) is 23.6 Å². The standard InChI is InChI=1S/C17H17FN6O4/c1-10-6-11(2-3-13(10)18)17-20-15(28-22-17)5-4-14(25)19-7-12-8-24(23-21-12)9-16(26)27/h2-3,6,8H,4-5,7,9H2,1H3,(H,19,25)(H,26,27). The van der Waals surface area contributed by atoms with Crippen LogP contribution in [0.2, 0.25) is 0 Å². The van der Waals surface area contributed by atoms with Gasteiger partial charge in [-0.25, -0.2) is 9.07 Å². The molecule has 3 aromatic rings. The monoisotopic (exact) mass is 388 g/mol. The zero-order chi connectivity index (χ0) is 20.1. The molecule has 2 heterocycles. The minimum Gasteiger partial charge on any atom is -0.480 e. The lowest BCUT2D eigenvalue weighted by Gasteiger charge is -2.00. The van der Waals surface area contributed by atoms with Crippen LogP contribution in [0.5, 0.6) is 0 Å². The number of rotatable bonds is 8. The van der Waals surface area contributed by atoms with Crippen molar-refractivity contribution in [1.82, 2.24) is 30.5 Å². The summed E-state index contributed by atoms with van der Waals surface area (Å²) in [5, 5.41) is 22.6. The molecule has 11 heteroatoms. The van der Waals surface area contributed by atoms with Crippen LogP contribution in [-0.4, -0.2) is 42.1 Å². The molecule has 0 fully saturated rings. The first kappa shape index (κ1) is 19.1. The maximum Gasteiger partial charge on any atom is 0.325 e. The molecule has 0 aliphatic rings. The number of carboxylic acids is 1. The van der Waals surface area contributed by atoms with Gasteiger partial charge in [-0.15, -0.1) is 5.10 Å². The third-order valence-electron chi connectivity index (χ3n) is 3.80. The summed E-state index contributed by atoms with van der Waals surface area (Å²) < 4.78 is 19.6. The Labute approximate surface area is 158 Å². The summed E-state index contributed by atoms with van der Waals surface area (Å²) in [7, 11) is 0. The highest BCUT2D eigenvalue weighted by Gasteiger charge is 2.12. The fourth-order valence-corrected chi connectivity index (χ4v) is 2.39. The number of aryl methyl sites for hydroxylation is 2. The normalized spacial score (nSPS) is 10.8. The van der Waals surface area contributed by atoms with Gasteiger partial charge in [0.1, 0.15) is 18.1 Å². The number of hydrogen-bond acceptors (Lipinski definition) is 7. The number of carbonyl (C=O) groups is 2. The highest BCUT2D eigenvalue weighted by atomic mass is 19.1. The van der Waals surface area contributed by atoms with E-state index in [1.165, 1.54) is 16.9 Å². The number of carbonyl (C=O) groups excluding carboxylic acids is 1. The third kappa shape index (κ3) is 4.96. The Hall–Kier alpha value is -3.63. The van der Waals surface area contributed by atoms with Gasteiger partial charge in [-0.3, -0.25) is 9.59 Å². The average molecular weight is 388 g/mol. The molecule has 0 saturated heterocycles. The zero-order valence-electron chi connectivity index (χ0n) is 14.9. The largest absolute Gasteiger partial charge is 0.480 e. The molecule has 28 heavy (non-hydrogen) atoms. The van der Waals surface area contributed by atoms with Gasteiger partial charge in [-0.2, -0.15) is 4.98 Å². The number of aliphatic carboxylic acids is 1. The summed E-state index contributed by atoms with van der Waals surface area (Å²) >= 11 is 0. The predicted octanol–water partition coefficient (Wildman–Crippen LogP) is 1.11. The van der Waals surface area contributed by atoms with Crippen molar-refractivity contribution < 1.29 is 23.6 Å². The van der Waals surface area contributed by atoms with Crippen LogP contribution in [0.25, 0.3) is 11.4 Å². The van der Waals surface area contributed by atoms with E-state index in [-0.39, 0.29) is 37.7 Å². The van der Waals surface area contributed by atoms with Gasteiger partial charge < -0.3 is 14.9 Å². The van der Waals surface area contributed by atoms with Gasteiger partial charge >= 0.3 is 5.97 Å². The number of halogens is 1. The summed E-state index contributed by atoms with van der Waals surface area (Å²) in [6.45, 7) is 1.47. The van der Waals surface area contributed by atoms with Crippen LogP contribution in [-0.2, 0) is 29.1 Å². The third-order valence-corrected chi connectivity index (χ3v) is 3.80. The SMILES string of the molecule is Cc1cc(-c2noc(CCC(=O)NCc3cn(CC(=O)O)nn3)n2)ccc1F. The Balaban J connectivity index is 1.48. The summed E-state index contributed by atoms with van der Waals surface area (Å²) in [4.78, 5) is 26.7. The van der Waals surface area contributed by atoms with Crippen LogP contribution in [0.4, 0.5) is 4.39 Å². The number of hydrogen-bond donors (Lipinski definition) is 2. The van der Waals surface area contributed by atoms with Crippen molar-refractivity contribution in [2.45, 2.75) is 32.9 Å². The molecular weight excluding hydrogens is 371 g/mol. The van der Waals surface area contributed by atoms with Crippen molar-refractivity contribution in [3.05, 3.63) is 47.4 Å². The molecule has 0 saturated carbocycles. The second-order valence-corrected chi connectivity index (χ2v) is 6.05. The second-order valence-electron chi connectivity index (χ2n) is 6.05. The van der Waals surface area contributed by atoms with Gasteiger partial charge in [0.05, 0.1) is 12.7 Å². The molecule has 3 rings (SSSR count). The lowest BCUT2D eigenvalue weighted by Crippen LogP contribution is -2.23. The average Bonchev–Trinajstić information content (AvgIpc) is 3.29. The zero-order valence-corrected chi connectivity index (χ0v) is 14.9. The van der Waals surface area contributed by atoms with Crippen LogP contribution in [0.15, 0.2) is 28.9 Å². The van der Waals surface area contributed by atoms with E-state index >= 15 is 0 Å². The summed E-state index contributed by atoms with van der Waals surface area (Å²) in [6.07, 6.45) is 1.81. The van der Waals surface area contributed by atoms with E-state index in [4.69, 9.17) is 9.63 Å². The molecule has 146 valence electrons. The first-order valence-electron chi connectivity index (χ1n) is 8.37. The van der Waals surface area contributed by atoms with Gasteiger partial charge in [0.25, 0.3) is 0 Å². The fourth-order valence-electron chi connectivity index (χ4n) is 2.39. The Bertz CT molecular complexity index is 999. The van der Waals surface area contributed by atoms with Crippen molar-refractivity contribution in [3.8, 4) is 11.4 Å². The number of nitrogens with one attached hydrogen (secondary N) is 1. The predicted molar refractivity (Wildman–Crippen MR) is 92.3 cm³/mol. The number of carboxylic acid groups (broad SMARTS) is 1. The quantitative estimate of drug-likeness (QED) is 0.586. The first-order valence-corrected chi connectivity index (χ1v) is 8.37. The van der Waals surface area contributed by atoms with Crippen molar-refractivity contribution in [2.24, 2.45) is 0 Å². The van der Waals surface area contributed by atoms with Gasteiger partial charge in [-0.05, 0) is 30.7 Å². The maximum atomic E-state index is 13.3. The minimum absolute atomic E-state index is 0.118. The molecule has 1 aromatic carbocycles. The van der Waals surface area contributed by atoms with Crippen molar-refractivity contribution in [2.75, 3.05) is 0 Å². The molecule has 0 radical (unpaired) electrons. The molecule has 0 atom stereocenters. The van der Waals surface area contributed by atoms with Gasteiger partial charge in [0.15, 0.2) is 0 Å². The molecule has 0 bridgehead atoms. The highest BCUT2D eigenvalue weighted by molar-refractivity contribution is 5.76. The molecule has 0 aliphatic carbocycles. The molecule has 0 aliphatic heterocycles. The topological polar surface area (TPSA) is 136 Å². The maximum absolute atomic E-state index is 13.3. The van der Waals surface area contributed by atoms with Crippen molar-refractivity contribution >= 4 is 11.9 Å². The summed E-state index contributed by atoms with van der Waals surface area (Å²) in [5.74, 6) is -0.986. The van der Waals surface area contributed by atoms with E-state index in [0.717, 1.165) is 0 Å². The number of nitrogens with zero attached hydrogens (tertiary/aromatic N) is 5. The molecular formula is C17H17FN6O4. The van der Waals surface area contributed by atoms with Gasteiger partial charge in [0, 0.05) is 18.4 Å². The van der Waals surface area contributed by atoms with Crippen LogP contribution in [0.3, 0.4) is 0 Å². The van der Waals surface area contributed by atoms with E-state index < -0.39 is 5.97 Å². The second kappa shape index (κ2) is 8.37. The molecule has 2 aromatic heterocycles. The van der Waals surface area contributed by atoms with E-state index in [2.05, 4.69) is 25.8 Å². The lowest BCUT2D eigenvalue weighted by atomic mass is 10.1. The Kier molecular flexibility index (Phi) is 5.72. The van der Waals surface area contributed by atoms with E-state index in [9.17, 15) is 14.0 Å². The molecule has 2 N–H and O–H groups in total. The first-order chi connectivity index (χ1) is 13.4. The lowest BCUT2D eigenvalue weighted by molar-refractivity contribution is -0.138. The highest BCUT2D eigenvalue weighted by Crippen LogP contribution is 2.19. The van der Waals surface area contributed by atoms with Crippen LogP contribution in [0, 0.1) is 12.7 Å². The smallest absolute Gasteiger partial charge is 0.325 e.